The Labute approximate surface area is 182 Å². The van der Waals surface area contributed by atoms with Crippen molar-refractivity contribution in [3.05, 3.63) is 74.1 Å². The second-order valence-corrected chi connectivity index (χ2v) is 10.5. The minimum absolute atomic E-state index is 0.0335. The van der Waals surface area contributed by atoms with E-state index in [1.807, 2.05) is 22.4 Å². The molecule has 3 heterocycles. The average Bonchev–Trinajstić information content (AvgIpc) is 3.43. The normalized spacial score (nSPS) is 16.3. The van der Waals surface area contributed by atoms with Crippen molar-refractivity contribution in [1.29, 1.82) is 0 Å². The van der Waals surface area contributed by atoms with Crippen LogP contribution in [0, 0.1) is 0 Å². The molecule has 2 aromatic heterocycles. The molecule has 0 spiro atoms. The molecular weight excluding hydrogens is 442 g/mol. The Hall–Kier alpha value is -2.53. The zero-order chi connectivity index (χ0) is 21.3. The highest BCUT2D eigenvalue weighted by Gasteiger charge is 2.34. The average molecular weight is 462 g/mol. The van der Waals surface area contributed by atoms with Crippen LogP contribution in [-0.4, -0.2) is 38.2 Å². The van der Waals surface area contributed by atoms with Crippen molar-refractivity contribution in [3.8, 4) is 0 Å². The van der Waals surface area contributed by atoms with Gasteiger partial charge in [0.05, 0.1) is 17.5 Å². The summed E-state index contributed by atoms with van der Waals surface area (Å²) in [5.74, 6) is -0.929. The highest BCUT2D eigenvalue weighted by molar-refractivity contribution is 7.89. The van der Waals surface area contributed by atoms with Gasteiger partial charge in [-0.2, -0.15) is 0 Å². The fraction of sp³-hybridized carbons (Fsp3) is 0.200. The van der Waals surface area contributed by atoms with Gasteiger partial charge in [-0.3, -0.25) is 9.59 Å². The van der Waals surface area contributed by atoms with E-state index in [0.29, 0.717) is 12.1 Å². The molecule has 10 heteroatoms. The molecule has 156 valence electrons. The summed E-state index contributed by atoms with van der Waals surface area (Å²) in [7, 11) is -3.87. The molecule has 0 saturated heterocycles. The van der Waals surface area contributed by atoms with Crippen LogP contribution in [0.1, 0.15) is 31.7 Å². The van der Waals surface area contributed by atoms with Crippen LogP contribution in [0.2, 0.25) is 0 Å². The molecule has 1 aliphatic rings. The van der Waals surface area contributed by atoms with Crippen molar-refractivity contribution >= 4 is 44.5 Å². The van der Waals surface area contributed by atoms with Crippen LogP contribution in [0.15, 0.2) is 58.1 Å². The second-order valence-electron chi connectivity index (χ2n) is 6.78. The number of nitrogens with one attached hydrogen (secondary N) is 1. The van der Waals surface area contributed by atoms with Crippen molar-refractivity contribution in [1.82, 2.24) is 9.62 Å². The summed E-state index contributed by atoms with van der Waals surface area (Å²) >= 11 is 3.32. The largest absolute Gasteiger partial charge is 0.369 e. The lowest BCUT2D eigenvalue weighted by Gasteiger charge is -2.35. The van der Waals surface area contributed by atoms with E-state index in [-0.39, 0.29) is 16.8 Å². The molecule has 4 rings (SSSR count). The SMILES string of the molecule is NC(=O)CNS(=O)(=O)c1ccc(C(=O)N2CCc3sccc3[C@H]2c2cccs2)cc1. The number of nitrogens with zero attached hydrogens (tertiary/aromatic N) is 1. The molecule has 7 nitrogen and oxygen atoms in total. The highest BCUT2D eigenvalue weighted by atomic mass is 32.2. The van der Waals surface area contributed by atoms with E-state index in [1.165, 1.54) is 29.1 Å². The molecule has 1 atom stereocenters. The third kappa shape index (κ3) is 4.04. The van der Waals surface area contributed by atoms with Crippen molar-refractivity contribution in [2.24, 2.45) is 5.73 Å². The van der Waals surface area contributed by atoms with Crippen LogP contribution in [0.25, 0.3) is 0 Å². The molecule has 3 N–H and O–H groups in total. The first-order valence-electron chi connectivity index (χ1n) is 9.15. The number of carbonyl (C=O) groups is 2. The van der Waals surface area contributed by atoms with Crippen LogP contribution >= 0.6 is 22.7 Å². The van der Waals surface area contributed by atoms with Crippen LogP contribution < -0.4 is 10.5 Å². The van der Waals surface area contributed by atoms with Gasteiger partial charge in [0.1, 0.15) is 0 Å². The summed E-state index contributed by atoms with van der Waals surface area (Å²) in [6.07, 6.45) is 0.796. The number of thiophene rings is 2. The van der Waals surface area contributed by atoms with Gasteiger partial charge < -0.3 is 10.6 Å². The lowest BCUT2D eigenvalue weighted by atomic mass is 9.97. The van der Waals surface area contributed by atoms with Gasteiger partial charge in [0.2, 0.25) is 15.9 Å². The van der Waals surface area contributed by atoms with Crippen molar-refractivity contribution in [2.45, 2.75) is 17.4 Å². The number of primary amides is 1. The maximum atomic E-state index is 13.3. The number of sulfonamides is 1. The number of hydrogen-bond acceptors (Lipinski definition) is 6. The Morgan fingerprint density at radius 1 is 1.10 bits per heavy atom. The number of carbonyl (C=O) groups excluding carboxylic acids is 2. The third-order valence-corrected chi connectivity index (χ3v) is 8.23. The Morgan fingerprint density at radius 2 is 1.87 bits per heavy atom. The minimum atomic E-state index is -3.87. The molecule has 2 amide bonds. The first-order valence-corrected chi connectivity index (χ1v) is 12.4. The summed E-state index contributed by atoms with van der Waals surface area (Å²) in [5, 5.41) is 4.05. The number of fused-ring (bicyclic) bond motifs is 1. The monoisotopic (exact) mass is 461 g/mol. The maximum Gasteiger partial charge on any atom is 0.254 e. The van der Waals surface area contributed by atoms with E-state index >= 15 is 0 Å². The third-order valence-electron chi connectivity index (χ3n) is 4.89. The fourth-order valence-electron chi connectivity index (χ4n) is 3.48. The topological polar surface area (TPSA) is 110 Å². The summed E-state index contributed by atoms with van der Waals surface area (Å²) in [4.78, 5) is 28.4. The Morgan fingerprint density at radius 3 is 2.53 bits per heavy atom. The van der Waals surface area contributed by atoms with Gasteiger partial charge in [-0.25, -0.2) is 13.1 Å². The van der Waals surface area contributed by atoms with E-state index in [1.54, 1.807) is 22.7 Å². The van der Waals surface area contributed by atoms with Crippen LogP contribution in [0.5, 0.6) is 0 Å². The van der Waals surface area contributed by atoms with E-state index in [2.05, 4.69) is 16.2 Å². The number of benzene rings is 1. The van der Waals surface area contributed by atoms with E-state index < -0.39 is 22.5 Å². The zero-order valence-electron chi connectivity index (χ0n) is 15.8. The quantitative estimate of drug-likeness (QED) is 0.587. The standard InChI is InChI=1S/C20H19N3O4S3/c21-18(24)12-22-30(26,27)14-5-3-13(4-6-14)20(25)23-9-7-16-15(8-11-29-16)19(23)17-2-1-10-28-17/h1-6,8,10-11,19,22H,7,9,12H2,(H2,21,24)/t19-/m0/s1. The Balaban J connectivity index is 1.60. The van der Waals surface area contributed by atoms with Crippen molar-refractivity contribution < 1.29 is 18.0 Å². The van der Waals surface area contributed by atoms with Crippen LogP contribution in [0.4, 0.5) is 0 Å². The predicted molar refractivity (Wildman–Crippen MR) is 116 cm³/mol. The number of rotatable bonds is 6. The molecule has 0 bridgehead atoms. The van der Waals surface area contributed by atoms with E-state index in [4.69, 9.17) is 5.73 Å². The van der Waals surface area contributed by atoms with E-state index in [9.17, 15) is 18.0 Å². The molecule has 30 heavy (non-hydrogen) atoms. The van der Waals surface area contributed by atoms with Crippen LogP contribution in [-0.2, 0) is 21.2 Å². The Kier molecular flexibility index (Phi) is 5.74. The summed E-state index contributed by atoms with van der Waals surface area (Å²) in [5.41, 5.74) is 6.55. The van der Waals surface area contributed by atoms with Crippen LogP contribution in [0.3, 0.4) is 0 Å². The molecule has 0 unspecified atom stereocenters. The van der Waals surface area contributed by atoms with E-state index in [0.717, 1.165) is 16.9 Å². The summed E-state index contributed by atoms with van der Waals surface area (Å²) in [6, 6.07) is 11.6. The molecule has 0 saturated carbocycles. The lowest BCUT2D eigenvalue weighted by Crippen LogP contribution is -2.39. The molecule has 1 aromatic carbocycles. The van der Waals surface area contributed by atoms with Gasteiger partial charge in [0, 0.05) is 21.9 Å². The first kappa shape index (κ1) is 20.7. The molecular formula is C20H19N3O4S3. The first-order chi connectivity index (χ1) is 14.4. The molecule has 0 radical (unpaired) electrons. The zero-order valence-corrected chi connectivity index (χ0v) is 18.2. The minimum Gasteiger partial charge on any atom is -0.369 e. The molecule has 3 aromatic rings. The van der Waals surface area contributed by atoms with Gasteiger partial charge >= 0.3 is 0 Å². The molecule has 0 aliphatic carbocycles. The van der Waals surface area contributed by atoms with Gasteiger partial charge in [0.25, 0.3) is 5.91 Å². The number of nitrogens with two attached hydrogens (primary N) is 1. The van der Waals surface area contributed by atoms with Gasteiger partial charge in [-0.05, 0) is 59.1 Å². The molecule has 1 aliphatic heterocycles. The number of hydrogen-bond donors (Lipinski definition) is 2. The molecule has 0 fully saturated rings. The van der Waals surface area contributed by atoms with Gasteiger partial charge in [0.15, 0.2) is 0 Å². The lowest BCUT2D eigenvalue weighted by molar-refractivity contribution is -0.116. The predicted octanol–water partition coefficient (Wildman–Crippen LogP) is 2.36. The summed E-state index contributed by atoms with van der Waals surface area (Å²) < 4.78 is 26.6. The van der Waals surface area contributed by atoms with Gasteiger partial charge in [-0.15, -0.1) is 22.7 Å². The maximum absolute atomic E-state index is 13.3. The Bertz CT molecular complexity index is 1170. The number of amides is 2. The summed E-state index contributed by atoms with van der Waals surface area (Å²) in [6.45, 7) is 0.109. The van der Waals surface area contributed by atoms with Crippen molar-refractivity contribution in [2.75, 3.05) is 13.1 Å². The second kappa shape index (κ2) is 8.31. The van der Waals surface area contributed by atoms with Gasteiger partial charge in [-0.1, -0.05) is 6.07 Å². The van der Waals surface area contributed by atoms with Crippen molar-refractivity contribution in [3.63, 3.8) is 0 Å². The fourth-order valence-corrected chi connectivity index (χ4v) is 6.23. The smallest absolute Gasteiger partial charge is 0.254 e. The highest BCUT2D eigenvalue weighted by Crippen LogP contribution is 2.40.